The number of fused-ring (bicyclic) bond motifs is 1. The average molecular weight is 1260 g/mol. The van der Waals surface area contributed by atoms with Gasteiger partial charge in [-0.25, -0.2) is 15.0 Å². The number of nitrogens with zero attached hydrogens (tertiary/aromatic N) is 4. The van der Waals surface area contributed by atoms with Crippen molar-refractivity contribution in [3.05, 3.63) is 192 Å². The maximum Gasteiger partial charge on any atom is 0.345 e. The lowest BCUT2D eigenvalue weighted by Crippen LogP contribution is -2.62. The fraction of sp³-hybridized carbons (Fsp3) is 0.339. The zero-order valence-corrected chi connectivity index (χ0v) is 51.0. The van der Waals surface area contributed by atoms with Gasteiger partial charge < -0.3 is 56.8 Å². The summed E-state index contributed by atoms with van der Waals surface area (Å²) in [4.78, 5) is 90.7. The van der Waals surface area contributed by atoms with Crippen LogP contribution in [0.2, 0.25) is 0 Å². The van der Waals surface area contributed by atoms with Crippen LogP contribution in [0.25, 0.3) is 11.2 Å². The van der Waals surface area contributed by atoms with Gasteiger partial charge >= 0.3 is 51.0 Å². The van der Waals surface area contributed by atoms with Gasteiger partial charge in [0.2, 0.25) is 6.29 Å². The van der Waals surface area contributed by atoms with Crippen molar-refractivity contribution in [1.29, 1.82) is 0 Å². The Kier molecular flexibility index (Phi) is 21.3. The first kappa shape index (κ1) is 64.9. The molecule has 11 atom stereocenters. The molecule has 2 aliphatic rings. The maximum atomic E-state index is 15.9. The molecule has 0 spiro atoms. The lowest BCUT2D eigenvalue weighted by molar-refractivity contribution is -0.290. The molecule has 2 aromatic heterocycles. The van der Waals surface area contributed by atoms with Crippen LogP contribution in [0.3, 0.4) is 0 Å². The highest BCUT2D eigenvalue weighted by atomic mass is 31.2. The van der Waals surface area contributed by atoms with Crippen LogP contribution in [0.1, 0.15) is 75.6 Å². The fourth-order valence-corrected chi connectivity index (χ4v) is 15.0. The zero-order chi connectivity index (χ0) is 63.3. The molecule has 5 aromatic carbocycles. The molecule has 7 aromatic rings. The van der Waals surface area contributed by atoms with Crippen molar-refractivity contribution in [1.82, 2.24) is 19.5 Å². The van der Waals surface area contributed by atoms with E-state index in [0.29, 0.717) is 11.1 Å². The number of esters is 6. The Hall–Kier alpha value is -8.51. The standard InChI is InChI=1S/C62H65N5O20P2/c1-39(68)76-34-50-53(80-40(2)69)55(82-42(4)71)57(84-44(6)73)61(86-50)87-89(75,78-33-46-24-14-8-15-25-46)38-88(74,77-32-45-22-12-7-13-23-45)79-35-51-54(81-41(3)70)56(83-43(5)72)60(85-51)67-37-65-52-58(63-36-64-59(52)67)66-62(47-26-16-9-17-27-47,48-28-18-10-19-29-48)49-30-20-11-21-31-49/h7-31,36-37,50-51,53-57,60-61H,32-35,38H2,1-6H3,(H,63,64,66)/t50?,51-,53?,54-,55?,56-,57?,60-,61?,88?,89?/m1/s1. The number of imidazole rings is 1. The van der Waals surface area contributed by atoms with Gasteiger partial charge in [0.05, 0.1) is 26.1 Å². The molecule has 0 radical (unpaired) electrons. The van der Waals surface area contributed by atoms with Crippen LogP contribution in [0.4, 0.5) is 5.82 Å². The molecular weight excluding hydrogens is 1200 g/mol. The van der Waals surface area contributed by atoms with Gasteiger partial charge in [-0.2, -0.15) is 0 Å². The number of hydrogen-bond acceptors (Lipinski definition) is 24. The SMILES string of the molecule is CC(=O)OCC1OC(OP(=O)(CP(=O)(OCc2ccccc2)OC[C@H]2O[C@@H](n3cnc4c(NC(c5ccccc5)(c5ccccc5)c5ccccc5)ncnc43)[C@H](OC(C)=O)[C@@H]2OC(C)=O)OCc2ccccc2)C(OC(C)=O)C(OC(C)=O)C1OC(C)=O. The summed E-state index contributed by atoms with van der Waals surface area (Å²) in [7, 11) is -10.2. The molecule has 2 saturated heterocycles. The molecule has 25 nitrogen and oxygen atoms in total. The van der Waals surface area contributed by atoms with Crippen molar-refractivity contribution < 1.29 is 93.9 Å². The number of anilines is 1. The van der Waals surface area contributed by atoms with Gasteiger partial charge in [0.15, 0.2) is 59.6 Å². The molecular formula is C62H65N5O20P2. The van der Waals surface area contributed by atoms with Crippen LogP contribution in [-0.2, 0) is 113 Å². The molecule has 0 aliphatic carbocycles. The Morgan fingerprint density at radius 2 is 0.933 bits per heavy atom. The van der Waals surface area contributed by atoms with Gasteiger partial charge in [-0.3, -0.25) is 47.0 Å². The molecule has 7 unspecified atom stereocenters. The van der Waals surface area contributed by atoms with Gasteiger partial charge in [0, 0.05) is 41.5 Å². The summed E-state index contributed by atoms with van der Waals surface area (Å²) < 4.78 is 105. The fourth-order valence-electron chi connectivity index (χ4n) is 10.4. The van der Waals surface area contributed by atoms with Crippen LogP contribution in [0.15, 0.2) is 164 Å². The molecule has 2 aliphatic heterocycles. The van der Waals surface area contributed by atoms with E-state index in [1.54, 1.807) is 60.7 Å². The molecule has 0 bridgehead atoms. The van der Waals surface area contributed by atoms with Crippen LogP contribution in [0, 0.1) is 0 Å². The number of carbonyl (C=O) groups is 6. The highest BCUT2D eigenvalue weighted by Crippen LogP contribution is 2.66. The molecule has 2 fully saturated rings. The van der Waals surface area contributed by atoms with E-state index in [4.69, 9.17) is 66.0 Å². The lowest BCUT2D eigenvalue weighted by Gasteiger charge is -2.44. The molecule has 468 valence electrons. The minimum Gasteiger partial charge on any atom is -0.463 e. The van der Waals surface area contributed by atoms with Crippen LogP contribution >= 0.6 is 15.2 Å². The number of benzene rings is 5. The first-order valence-electron chi connectivity index (χ1n) is 28.0. The van der Waals surface area contributed by atoms with Crippen molar-refractivity contribution in [2.45, 2.75) is 116 Å². The van der Waals surface area contributed by atoms with E-state index in [0.717, 1.165) is 58.2 Å². The smallest absolute Gasteiger partial charge is 0.345 e. The molecule has 0 amide bonds. The number of hydrogen-bond donors (Lipinski definition) is 1. The summed E-state index contributed by atoms with van der Waals surface area (Å²) in [6, 6.07) is 46.0. The van der Waals surface area contributed by atoms with E-state index in [-0.39, 0.29) is 17.0 Å². The number of carbonyl (C=O) groups excluding carboxylic acids is 6. The predicted octanol–water partition coefficient (Wildman–Crippen LogP) is 8.88. The van der Waals surface area contributed by atoms with Gasteiger partial charge in [-0.05, 0) is 27.8 Å². The minimum absolute atomic E-state index is 0.170. The largest absolute Gasteiger partial charge is 0.463 e. The maximum absolute atomic E-state index is 15.9. The Morgan fingerprint density at radius 3 is 1.43 bits per heavy atom. The van der Waals surface area contributed by atoms with Gasteiger partial charge in [-0.1, -0.05) is 152 Å². The van der Waals surface area contributed by atoms with E-state index < -0.39 is 144 Å². The van der Waals surface area contributed by atoms with E-state index in [1.165, 1.54) is 17.2 Å². The summed E-state index contributed by atoms with van der Waals surface area (Å²) in [6.45, 7) is 3.98. The van der Waals surface area contributed by atoms with Crippen molar-refractivity contribution in [2.24, 2.45) is 0 Å². The zero-order valence-electron chi connectivity index (χ0n) is 49.2. The van der Waals surface area contributed by atoms with E-state index in [2.05, 4.69) is 10.3 Å². The summed E-state index contributed by atoms with van der Waals surface area (Å²) in [5.74, 6) is -6.30. The Balaban J connectivity index is 1.09. The Morgan fingerprint density at radius 1 is 0.494 bits per heavy atom. The summed E-state index contributed by atoms with van der Waals surface area (Å²) >= 11 is 0. The van der Waals surface area contributed by atoms with Crippen molar-refractivity contribution in [3.63, 3.8) is 0 Å². The van der Waals surface area contributed by atoms with E-state index in [1.807, 2.05) is 91.0 Å². The lowest BCUT2D eigenvalue weighted by atomic mass is 9.77. The first-order valence-corrected chi connectivity index (χ1v) is 31.5. The molecule has 89 heavy (non-hydrogen) atoms. The van der Waals surface area contributed by atoms with Crippen molar-refractivity contribution in [2.75, 3.05) is 24.4 Å². The molecule has 0 saturated carbocycles. The minimum atomic E-state index is -5.15. The van der Waals surface area contributed by atoms with Crippen LogP contribution < -0.4 is 5.32 Å². The molecule has 27 heteroatoms. The van der Waals surface area contributed by atoms with Gasteiger partial charge in [0.1, 0.15) is 30.7 Å². The number of ether oxygens (including phenoxy) is 8. The van der Waals surface area contributed by atoms with Crippen LogP contribution in [-0.4, -0.2) is 123 Å². The normalized spacial score (nSPS) is 22.1. The Bertz CT molecular complexity index is 3590. The van der Waals surface area contributed by atoms with Gasteiger partial charge in [0.25, 0.3) is 0 Å². The third kappa shape index (κ3) is 16.2. The molecule has 9 rings (SSSR count). The third-order valence-corrected chi connectivity index (χ3v) is 18.9. The Labute approximate surface area is 511 Å². The second kappa shape index (κ2) is 29.2. The second-order valence-electron chi connectivity index (χ2n) is 20.6. The monoisotopic (exact) mass is 1260 g/mol. The highest BCUT2D eigenvalue weighted by Gasteiger charge is 2.57. The number of rotatable bonds is 26. The summed E-state index contributed by atoms with van der Waals surface area (Å²) in [6.07, 6.45) is -12.1. The summed E-state index contributed by atoms with van der Waals surface area (Å²) in [5, 5.41) is 3.72. The van der Waals surface area contributed by atoms with E-state index in [9.17, 15) is 28.8 Å². The number of aromatic nitrogens is 4. The second-order valence-corrected chi connectivity index (χ2v) is 25.1. The molecule has 1 N–H and O–H groups in total. The third-order valence-electron chi connectivity index (χ3n) is 14.0. The van der Waals surface area contributed by atoms with Crippen LogP contribution in [0.5, 0.6) is 0 Å². The van der Waals surface area contributed by atoms with E-state index >= 15 is 9.13 Å². The van der Waals surface area contributed by atoms with Crippen molar-refractivity contribution in [3.8, 4) is 0 Å². The van der Waals surface area contributed by atoms with Gasteiger partial charge in [-0.15, -0.1) is 0 Å². The molecule has 4 heterocycles. The topological polar surface area (TPSA) is 303 Å². The highest BCUT2D eigenvalue weighted by molar-refractivity contribution is 7.71. The predicted molar refractivity (Wildman–Crippen MR) is 315 cm³/mol. The average Bonchev–Trinajstić information content (AvgIpc) is 3.05. The quantitative estimate of drug-likeness (QED) is 0.0229. The van der Waals surface area contributed by atoms with Crippen molar-refractivity contribution >= 4 is 68.0 Å². The first-order chi connectivity index (χ1) is 42.7. The number of nitrogens with one attached hydrogen (secondary N) is 1. The summed E-state index contributed by atoms with van der Waals surface area (Å²) in [5.41, 5.74) is 2.84.